The Bertz CT molecular complexity index is 238. The number of carboxylic acid groups (broad SMARTS) is 1. The Balaban J connectivity index is 2.15. The molecule has 1 aliphatic heterocycles. The summed E-state index contributed by atoms with van der Waals surface area (Å²) in [6.45, 7) is 2.15. The van der Waals surface area contributed by atoms with E-state index in [2.05, 4.69) is 4.90 Å². The minimum absolute atomic E-state index is 0.246. The number of carboxylic acids is 1. The van der Waals surface area contributed by atoms with Gasteiger partial charge in [0.25, 0.3) is 0 Å². The van der Waals surface area contributed by atoms with Crippen LogP contribution in [0.15, 0.2) is 0 Å². The standard InChI is InChI=1S/C11H19NO2S2/c13-10(14)6-5-9-16-11(15)12-7-3-1-2-4-8-12/h1-9H2,(H,13,14). The predicted octanol–water partition coefficient (Wildman–Crippen LogP) is 2.75. The molecule has 1 aliphatic rings. The SMILES string of the molecule is O=C(O)CCCSC(=S)N1CCCCCC1. The molecule has 16 heavy (non-hydrogen) atoms. The maximum atomic E-state index is 10.3. The summed E-state index contributed by atoms with van der Waals surface area (Å²) in [5.41, 5.74) is 0. The zero-order valence-corrected chi connectivity index (χ0v) is 11.1. The van der Waals surface area contributed by atoms with Crippen LogP contribution in [0, 0.1) is 0 Å². The Labute approximate surface area is 107 Å². The van der Waals surface area contributed by atoms with Crippen molar-refractivity contribution in [2.75, 3.05) is 18.8 Å². The van der Waals surface area contributed by atoms with Crippen LogP contribution in [0.2, 0.25) is 0 Å². The second kappa shape index (κ2) is 7.90. The average Bonchev–Trinajstić information content (AvgIpc) is 2.52. The lowest BCUT2D eigenvalue weighted by atomic mass is 10.2. The van der Waals surface area contributed by atoms with Gasteiger partial charge in [0.1, 0.15) is 4.32 Å². The van der Waals surface area contributed by atoms with Gasteiger partial charge in [0.2, 0.25) is 0 Å². The minimum Gasteiger partial charge on any atom is -0.481 e. The molecule has 5 heteroatoms. The fourth-order valence-corrected chi connectivity index (χ4v) is 2.99. The van der Waals surface area contributed by atoms with Gasteiger partial charge in [-0.2, -0.15) is 0 Å². The fraction of sp³-hybridized carbons (Fsp3) is 0.818. The lowest BCUT2D eigenvalue weighted by Gasteiger charge is -2.22. The second-order valence-electron chi connectivity index (χ2n) is 4.01. The van der Waals surface area contributed by atoms with E-state index < -0.39 is 5.97 Å². The van der Waals surface area contributed by atoms with Gasteiger partial charge in [-0.1, -0.05) is 36.8 Å². The summed E-state index contributed by atoms with van der Waals surface area (Å²) in [6.07, 6.45) is 6.03. The number of hydrogen-bond acceptors (Lipinski definition) is 3. The molecular formula is C11H19NO2S2. The van der Waals surface area contributed by atoms with Crippen molar-refractivity contribution >= 4 is 34.3 Å². The number of thioether (sulfide) groups is 1. The molecule has 0 aromatic carbocycles. The van der Waals surface area contributed by atoms with Crippen molar-refractivity contribution in [2.45, 2.75) is 38.5 Å². The van der Waals surface area contributed by atoms with Gasteiger partial charge in [-0.05, 0) is 19.3 Å². The van der Waals surface area contributed by atoms with Crippen LogP contribution in [-0.2, 0) is 4.79 Å². The normalized spacial score (nSPS) is 16.9. The van der Waals surface area contributed by atoms with E-state index in [-0.39, 0.29) is 6.42 Å². The Kier molecular flexibility index (Phi) is 6.80. The number of nitrogens with zero attached hydrogens (tertiary/aromatic N) is 1. The summed E-state index contributed by atoms with van der Waals surface area (Å²) in [7, 11) is 0. The van der Waals surface area contributed by atoms with Gasteiger partial charge in [-0.15, -0.1) is 0 Å². The maximum Gasteiger partial charge on any atom is 0.303 e. The fourth-order valence-electron chi connectivity index (χ4n) is 1.73. The van der Waals surface area contributed by atoms with E-state index in [1.165, 1.54) is 25.7 Å². The van der Waals surface area contributed by atoms with Crippen LogP contribution in [0.3, 0.4) is 0 Å². The summed E-state index contributed by atoms with van der Waals surface area (Å²) < 4.78 is 0.951. The highest BCUT2D eigenvalue weighted by Crippen LogP contribution is 2.17. The first-order chi connectivity index (χ1) is 7.70. The van der Waals surface area contributed by atoms with E-state index in [0.29, 0.717) is 6.42 Å². The lowest BCUT2D eigenvalue weighted by molar-refractivity contribution is -0.137. The first-order valence-electron chi connectivity index (χ1n) is 5.83. The van der Waals surface area contributed by atoms with Crippen molar-refractivity contribution in [1.29, 1.82) is 0 Å². The molecule has 0 radical (unpaired) electrons. The minimum atomic E-state index is -0.721. The average molecular weight is 261 g/mol. The number of rotatable bonds is 4. The lowest BCUT2D eigenvalue weighted by Crippen LogP contribution is -2.28. The molecule has 0 spiro atoms. The van der Waals surface area contributed by atoms with Crippen LogP contribution in [0.4, 0.5) is 0 Å². The van der Waals surface area contributed by atoms with E-state index in [1.807, 2.05) is 0 Å². The van der Waals surface area contributed by atoms with Crippen molar-refractivity contribution < 1.29 is 9.90 Å². The van der Waals surface area contributed by atoms with Crippen LogP contribution < -0.4 is 0 Å². The van der Waals surface area contributed by atoms with Crippen molar-refractivity contribution in [1.82, 2.24) is 4.90 Å². The topological polar surface area (TPSA) is 40.5 Å². The van der Waals surface area contributed by atoms with E-state index in [9.17, 15) is 4.79 Å². The molecular weight excluding hydrogens is 242 g/mol. The molecule has 0 unspecified atom stereocenters. The van der Waals surface area contributed by atoms with Gasteiger partial charge in [0.05, 0.1) is 0 Å². The van der Waals surface area contributed by atoms with Crippen LogP contribution in [0.25, 0.3) is 0 Å². The molecule has 0 aromatic rings. The molecule has 1 fully saturated rings. The molecule has 0 saturated carbocycles. The first kappa shape index (κ1) is 13.8. The maximum absolute atomic E-state index is 10.3. The van der Waals surface area contributed by atoms with E-state index in [1.54, 1.807) is 11.8 Å². The smallest absolute Gasteiger partial charge is 0.303 e. The van der Waals surface area contributed by atoms with Gasteiger partial charge in [0.15, 0.2) is 0 Å². The Morgan fingerprint density at radius 3 is 2.44 bits per heavy atom. The Hall–Kier alpha value is -0.290. The van der Waals surface area contributed by atoms with E-state index >= 15 is 0 Å². The molecule has 1 N–H and O–H groups in total. The molecule has 1 rings (SSSR count). The van der Waals surface area contributed by atoms with Crippen molar-refractivity contribution in [3.8, 4) is 0 Å². The largest absolute Gasteiger partial charge is 0.481 e. The van der Waals surface area contributed by atoms with Crippen LogP contribution >= 0.6 is 24.0 Å². The molecule has 0 aliphatic carbocycles. The van der Waals surface area contributed by atoms with Gasteiger partial charge in [0, 0.05) is 25.3 Å². The number of aliphatic carboxylic acids is 1. The quantitative estimate of drug-likeness (QED) is 0.622. The molecule has 3 nitrogen and oxygen atoms in total. The third kappa shape index (κ3) is 5.70. The molecule has 0 aromatic heterocycles. The summed E-state index contributed by atoms with van der Waals surface area (Å²) in [4.78, 5) is 12.6. The third-order valence-electron chi connectivity index (χ3n) is 2.62. The van der Waals surface area contributed by atoms with Gasteiger partial charge in [-0.25, -0.2) is 0 Å². The van der Waals surface area contributed by atoms with Crippen molar-refractivity contribution in [3.05, 3.63) is 0 Å². The number of thiocarbonyl (C=S) groups is 1. The monoisotopic (exact) mass is 261 g/mol. The summed E-state index contributed by atoms with van der Waals surface area (Å²) in [6, 6.07) is 0. The molecule has 0 amide bonds. The molecule has 0 atom stereocenters. The van der Waals surface area contributed by atoms with Crippen LogP contribution in [-0.4, -0.2) is 39.1 Å². The second-order valence-corrected chi connectivity index (χ2v) is 5.74. The number of carbonyl (C=O) groups is 1. The highest BCUT2D eigenvalue weighted by atomic mass is 32.2. The van der Waals surface area contributed by atoms with Gasteiger partial charge < -0.3 is 10.0 Å². The zero-order chi connectivity index (χ0) is 11.8. The summed E-state index contributed by atoms with van der Waals surface area (Å²) in [5.74, 6) is 0.100. The van der Waals surface area contributed by atoms with Crippen molar-refractivity contribution in [3.63, 3.8) is 0 Å². The predicted molar refractivity (Wildman–Crippen MR) is 72.0 cm³/mol. The molecule has 92 valence electrons. The zero-order valence-electron chi connectivity index (χ0n) is 9.48. The first-order valence-corrected chi connectivity index (χ1v) is 7.23. The van der Waals surface area contributed by atoms with Crippen LogP contribution in [0.1, 0.15) is 38.5 Å². The Morgan fingerprint density at radius 1 is 1.25 bits per heavy atom. The van der Waals surface area contributed by atoms with Crippen LogP contribution in [0.5, 0.6) is 0 Å². The third-order valence-corrected chi connectivity index (χ3v) is 4.23. The van der Waals surface area contributed by atoms with E-state index in [4.69, 9.17) is 17.3 Å². The summed E-state index contributed by atoms with van der Waals surface area (Å²) >= 11 is 6.98. The number of likely N-dealkylation sites (tertiary alicyclic amines) is 1. The van der Waals surface area contributed by atoms with Gasteiger partial charge >= 0.3 is 5.97 Å². The number of hydrogen-bond donors (Lipinski definition) is 1. The molecule has 1 saturated heterocycles. The van der Waals surface area contributed by atoms with E-state index in [0.717, 1.165) is 23.2 Å². The van der Waals surface area contributed by atoms with Crippen molar-refractivity contribution in [2.24, 2.45) is 0 Å². The Morgan fingerprint density at radius 2 is 1.88 bits per heavy atom. The summed E-state index contributed by atoms with van der Waals surface area (Å²) in [5, 5.41) is 8.51. The van der Waals surface area contributed by atoms with Gasteiger partial charge in [-0.3, -0.25) is 4.79 Å². The highest BCUT2D eigenvalue weighted by molar-refractivity contribution is 8.22. The molecule has 0 bridgehead atoms. The highest BCUT2D eigenvalue weighted by Gasteiger charge is 2.12. The molecule has 1 heterocycles.